The topological polar surface area (TPSA) is 167 Å². The first kappa shape index (κ1) is 36.7. The first-order valence-corrected chi connectivity index (χ1v) is 18.4. The number of ether oxygens (including phenoxy) is 2. The maximum absolute atomic E-state index is 12.9. The Labute approximate surface area is 307 Å². The van der Waals surface area contributed by atoms with Gasteiger partial charge in [-0.1, -0.05) is 91.3 Å². The van der Waals surface area contributed by atoms with Crippen LogP contribution >= 0.6 is 11.8 Å². The number of tetrazole rings is 1. The summed E-state index contributed by atoms with van der Waals surface area (Å²) in [5.41, 5.74) is 11.2. The Kier molecular flexibility index (Phi) is 13.0. The Morgan fingerprint density at radius 1 is 0.827 bits per heavy atom. The molecule has 1 saturated heterocycles. The number of anilines is 3. The van der Waals surface area contributed by atoms with E-state index in [4.69, 9.17) is 15.2 Å². The molecule has 0 spiro atoms. The number of nitrogens with two attached hydrogens (primary N) is 1. The van der Waals surface area contributed by atoms with E-state index < -0.39 is 6.29 Å². The molecule has 1 fully saturated rings. The van der Waals surface area contributed by atoms with E-state index in [2.05, 4.69) is 26.2 Å². The van der Waals surface area contributed by atoms with E-state index >= 15 is 0 Å². The number of carbonyl (C=O) groups excluding carboxylic acids is 2. The van der Waals surface area contributed by atoms with Crippen molar-refractivity contribution in [2.24, 2.45) is 0 Å². The van der Waals surface area contributed by atoms with Gasteiger partial charge in [0.25, 0.3) is 0 Å². The highest BCUT2D eigenvalue weighted by Gasteiger charge is 2.33. The summed E-state index contributed by atoms with van der Waals surface area (Å²) >= 11 is 1.51. The van der Waals surface area contributed by atoms with E-state index in [9.17, 15) is 14.7 Å². The minimum absolute atomic E-state index is 0.0321. The van der Waals surface area contributed by atoms with Crippen molar-refractivity contribution < 1.29 is 24.2 Å². The van der Waals surface area contributed by atoms with Crippen LogP contribution in [0.3, 0.4) is 0 Å². The van der Waals surface area contributed by atoms with E-state index in [0.29, 0.717) is 47.2 Å². The van der Waals surface area contributed by atoms with Crippen LogP contribution in [0.2, 0.25) is 0 Å². The fourth-order valence-corrected chi connectivity index (χ4v) is 6.83. The van der Waals surface area contributed by atoms with Crippen LogP contribution in [0.4, 0.5) is 17.1 Å². The van der Waals surface area contributed by atoms with Crippen LogP contribution in [0.25, 0.3) is 5.69 Å². The Morgan fingerprint density at radius 3 is 2.31 bits per heavy atom. The minimum atomic E-state index is -0.681. The zero-order valence-electron chi connectivity index (χ0n) is 28.8. The molecule has 52 heavy (non-hydrogen) atoms. The second-order valence-electron chi connectivity index (χ2n) is 12.6. The number of amides is 2. The van der Waals surface area contributed by atoms with Gasteiger partial charge >= 0.3 is 0 Å². The van der Waals surface area contributed by atoms with Gasteiger partial charge in [-0.3, -0.25) is 9.59 Å². The third-order valence-corrected chi connectivity index (χ3v) is 9.74. The highest BCUT2D eigenvalue weighted by atomic mass is 32.2. The summed E-state index contributed by atoms with van der Waals surface area (Å²) in [5, 5.41) is 28.4. The zero-order valence-corrected chi connectivity index (χ0v) is 29.6. The van der Waals surface area contributed by atoms with Gasteiger partial charge in [0.15, 0.2) is 6.29 Å². The molecule has 6 rings (SSSR count). The molecule has 12 nitrogen and oxygen atoms in total. The lowest BCUT2D eigenvalue weighted by Gasteiger charge is -2.36. The molecule has 3 atom stereocenters. The lowest BCUT2D eigenvalue weighted by atomic mass is 10.0. The number of para-hydroxylation sites is 3. The number of nitrogens with one attached hydrogen (secondary N) is 2. The second-order valence-corrected chi connectivity index (χ2v) is 13.6. The molecular weight excluding hydrogens is 679 g/mol. The van der Waals surface area contributed by atoms with E-state index in [1.54, 1.807) is 16.8 Å². The van der Waals surface area contributed by atoms with Crippen molar-refractivity contribution in [1.29, 1.82) is 0 Å². The SMILES string of the molecule is Nc1ccccc1NC(=O)CCCCCCC(=O)Nc1cccc([C@@H]2O[C@H](CSc3nnnn3-c3ccccc3)C[C@H](c3ccc(CO)cc3)O2)c1. The summed E-state index contributed by atoms with van der Waals surface area (Å²) in [6, 6.07) is 32.2. The molecule has 1 aliphatic heterocycles. The molecule has 0 radical (unpaired) electrons. The highest BCUT2D eigenvalue weighted by molar-refractivity contribution is 7.99. The van der Waals surface area contributed by atoms with Gasteiger partial charge in [-0.25, -0.2) is 0 Å². The molecule has 0 bridgehead atoms. The van der Waals surface area contributed by atoms with Gasteiger partial charge in [-0.2, -0.15) is 4.68 Å². The number of nitrogens with zero attached hydrogens (tertiary/aromatic N) is 4. The van der Waals surface area contributed by atoms with Crippen molar-refractivity contribution in [1.82, 2.24) is 20.2 Å². The van der Waals surface area contributed by atoms with Crippen LogP contribution in [0.15, 0.2) is 108 Å². The van der Waals surface area contributed by atoms with Crippen molar-refractivity contribution in [3.8, 4) is 5.69 Å². The average molecular weight is 722 g/mol. The Balaban J connectivity index is 1.02. The highest BCUT2D eigenvalue weighted by Crippen LogP contribution is 2.40. The number of rotatable bonds is 16. The number of carbonyl (C=O) groups is 2. The molecular formula is C39H43N7O5S. The van der Waals surface area contributed by atoms with Gasteiger partial charge in [0.1, 0.15) is 0 Å². The van der Waals surface area contributed by atoms with Crippen LogP contribution < -0.4 is 16.4 Å². The summed E-state index contributed by atoms with van der Waals surface area (Å²) in [7, 11) is 0. The summed E-state index contributed by atoms with van der Waals surface area (Å²) in [4.78, 5) is 25.1. The number of nitrogen functional groups attached to an aromatic ring is 1. The predicted octanol–water partition coefficient (Wildman–Crippen LogP) is 6.99. The molecule has 0 unspecified atom stereocenters. The average Bonchev–Trinajstić information content (AvgIpc) is 3.65. The Morgan fingerprint density at radius 2 is 1.56 bits per heavy atom. The van der Waals surface area contributed by atoms with E-state index in [1.165, 1.54) is 11.8 Å². The van der Waals surface area contributed by atoms with Crippen molar-refractivity contribution in [3.63, 3.8) is 0 Å². The van der Waals surface area contributed by atoms with Crippen LogP contribution in [0.1, 0.15) is 74.0 Å². The first-order valence-electron chi connectivity index (χ1n) is 17.5. The van der Waals surface area contributed by atoms with Crippen LogP contribution in [0, 0.1) is 0 Å². The Bertz CT molecular complexity index is 1910. The third-order valence-electron chi connectivity index (χ3n) is 8.69. The quantitative estimate of drug-likeness (QED) is 0.0474. The number of thioether (sulfide) groups is 1. The summed E-state index contributed by atoms with van der Waals surface area (Å²) in [6.07, 6.45) is 3.39. The number of unbranched alkanes of at least 4 members (excludes halogenated alkanes) is 3. The zero-order chi connectivity index (χ0) is 36.1. The largest absolute Gasteiger partial charge is 0.397 e. The standard InChI is InChI=1S/C39H43N7O5S/c40-33-15-8-9-16-34(33)42-37(49)18-7-2-1-6-17-36(48)41-30-12-10-11-29(23-30)38-50-32(24-35(51-38)28-21-19-27(25-47)20-22-28)26-52-39-43-44-45-46(39)31-13-4-3-5-14-31/h3-5,8-16,19-23,32,35,38,47H,1-2,6-7,17-18,24-26,40H2,(H,41,48)(H,42,49)/t32-,35+,38+/m0/s1. The second kappa shape index (κ2) is 18.4. The van der Waals surface area contributed by atoms with Crippen molar-refractivity contribution in [2.75, 3.05) is 22.1 Å². The molecule has 13 heteroatoms. The lowest BCUT2D eigenvalue weighted by molar-refractivity contribution is -0.245. The Hall–Kier alpha value is -5.08. The minimum Gasteiger partial charge on any atom is -0.397 e. The summed E-state index contributed by atoms with van der Waals surface area (Å²) in [6.45, 7) is -0.0321. The van der Waals surface area contributed by atoms with Crippen LogP contribution in [0.5, 0.6) is 0 Å². The van der Waals surface area contributed by atoms with Crippen LogP contribution in [-0.4, -0.2) is 49.0 Å². The molecule has 2 heterocycles. The predicted molar refractivity (Wildman–Crippen MR) is 201 cm³/mol. The fraction of sp³-hybridized carbons (Fsp3) is 0.308. The van der Waals surface area contributed by atoms with Gasteiger partial charge in [-0.05, 0) is 70.8 Å². The maximum atomic E-state index is 12.9. The molecule has 1 aromatic heterocycles. The fourth-order valence-electron chi connectivity index (χ4n) is 5.93. The molecule has 4 aromatic carbocycles. The molecule has 1 aliphatic rings. The van der Waals surface area contributed by atoms with E-state index in [-0.39, 0.29) is 30.6 Å². The molecule has 5 N–H and O–H groups in total. The van der Waals surface area contributed by atoms with Gasteiger partial charge in [-0.15, -0.1) is 5.10 Å². The van der Waals surface area contributed by atoms with E-state index in [1.807, 2.05) is 91.0 Å². The third kappa shape index (κ3) is 10.3. The molecule has 2 amide bonds. The maximum Gasteiger partial charge on any atom is 0.224 e. The summed E-state index contributed by atoms with van der Waals surface area (Å²) < 4.78 is 14.8. The molecule has 5 aromatic rings. The van der Waals surface area contributed by atoms with Gasteiger partial charge in [0.2, 0.25) is 17.0 Å². The van der Waals surface area contributed by atoms with E-state index in [0.717, 1.165) is 48.1 Å². The number of aromatic nitrogens is 4. The number of benzene rings is 4. The van der Waals surface area contributed by atoms with Gasteiger partial charge in [0.05, 0.1) is 35.9 Å². The smallest absolute Gasteiger partial charge is 0.224 e. The van der Waals surface area contributed by atoms with Crippen molar-refractivity contribution in [2.45, 2.75) is 75.2 Å². The summed E-state index contributed by atoms with van der Waals surface area (Å²) in [5.74, 6) is 0.440. The van der Waals surface area contributed by atoms with Crippen molar-refractivity contribution in [3.05, 3.63) is 120 Å². The molecule has 270 valence electrons. The number of aliphatic hydroxyl groups excluding tert-OH is 1. The van der Waals surface area contributed by atoms with Gasteiger partial charge < -0.3 is 30.9 Å². The molecule has 0 saturated carbocycles. The van der Waals surface area contributed by atoms with Crippen LogP contribution in [-0.2, 0) is 25.7 Å². The monoisotopic (exact) mass is 721 g/mol. The lowest BCUT2D eigenvalue weighted by Crippen LogP contribution is -2.31. The molecule has 0 aliphatic carbocycles. The number of hydrogen-bond donors (Lipinski definition) is 4. The first-order chi connectivity index (χ1) is 25.4. The number of aliphatic hydroxyl groups is 1. The van der Waals surface area contributed by atoms with Crippen molar-refractivity contribution >= 4 is 40.6 Å². The van der Waals surface area contributed by atoms with Gasteiger partial charge in [0, 0.05) is 36.3 Å². The number of hydrogen-bond acceptors (Lipinski definition) is 10. The normalized spacial score (nSPS) is 17.1.